The van der Waals surface area contributed by atoms with Crippen LogP contribution in [0, 0.1) is 5.92 Å². The van der Waals surface area contributed by atoms with E-state index in [9.17, 15) is 5.11 Å². The summed E-state index contributed by atoms with van der Waals surface area (Å²) in [5.74, 6) is 1.18. The third-order valence-corrected chi connectivity index (χ3v) is 2.36. The van der Waals surface area contributed by atoms with Gasteiger partial charge in [-0.3, -0.25) is 0 Å². The summed E-state index contributed by atoms with van der Waals surface area (Å²) in [7, 11) is 1.53. The Morgan fingerprint density at radius 3 is 2.60 bits per heavy atom. The summed E-state index contributed by atoms with van der Waals surface area (Å²) in [5.41, 5.74) is 7.03. The molecule has 3 N–H and O–H groups in total. The van der Waals surface area contributed by atoms with Gasteiger partial charge in [-0.05, 0) is 30.0 Å². The lowest BCUT2D eigenvalue weighted by Crippen LogP contribution is -2.12. The SMILES string of the molecule is COc1cc([C@@H](N)CC(C)C)ccc1O. The minimum atomic E-state index is -0.000463. The third-order valence-electron chi connectivity index (χ3n) is 2.36. The molecule has 0 aliphatic heterocycles. The van der Waals surface area contributed by atoms with E-state index < -0.39 is 0 Å². The highest BCUT2D eigenvalue weighted by Gasteiger charge is 2.10. The number of phenols is 1. The van der Waals surface area contributed by atoms with Crippen molar-refractivity contribution in [2.45, 2.75) is 26.3 Å². The predicted molar refractivity (Wildman–Crippen MR) is 61.0 cm³/mol. The first-order valence-electron chi connectivity index (χ1n) is 5.17. The summed E-state index contributed by atoms with van der Waals surface area (Å²) in [6, 6.07) is 5.25. The van der Waals surface area contributed by atoms with Crippen molar-refractivity contribution in [1.29, 1.82) is 0 Å². The molecule has 3 nitrogen and oxygen atoms in total. The summed E-state index contributed by atoms with van der Waals surface area (Å²) >= 11 is 0. The van der Waals surface area contributed by atoms with Crippen LogP contribution in [-0.4, -0.2) is 12.2 Å². The molecule has 1 rings (SSSR count). The van der Waals surface area contributed by atoms with Crippen LogP contribution < -0.4 is 10.5 Å². The number of nitrogens with two attached hydrogens (primary N) is 1. The Balaban J connectivity index is 2.85. The Labute approximate surface area is 90.9 Å². The number of aromatic hydroxyl groups is 1. The van der Waals surface area contributed by atoms with E-state index in [1.54, 1.807) is 12.1 Å². The maximum absolute atomic E-state index is 9.43. The minimum Gasteiger partial charge on any atom is -0.504 e. The molecule has 0 spiro atoms. The minimum absolute atomic E-state index is 0.000463. The van der Waals surface area contributed by atoms with E-state index in [2.05, 4.69) is 13.8 Å². The van der Waals surface area contributed by atoms with Crippen molar-refractivity contribution in [3.8, 4) is 11.5 Å². The van der Waals surface area contributed by atoms with Gasteiger partial charge in [0.05, 0.1) is 7.11 Å². The first kappa shape index (κ1) is 11.9. The maximum atomic E-state index is 9.43. The van der Waals surface area contributed by atoms with Crippen LogP contribution in [0.5, 0.6) is 11.5 Å². The van der Waals surface area contributed by atoms with Crippen LogP contribution in [0.3, 0.4) is 0 Å². The number of benzene rings is 1. The van der Waals surface area contributed by atoms with Crippen LogP contribution in [0.25, 0.3) is 0 Å². The molecule has 1 aromatic carbocycles. The van der Waals surface area contributed by atoms with Crippen molar-refractivity contribution >= 4 is 0 Å². The maximum Gasteiger partial charge on any atom is 0.160 e. The fourth-order valence-corrected chi connectivity index (χ4v) is 1.57. The van der Waals surface area contributed by atoms with Crippen LogP contribution in [0.15, 0.2) is 18.2 Å². The lowest BCUT2D eigenvalue weighted by Gasteiger charge is -2.15. The predicted octanol–water partition coefficient (Wildman–Crippen LogP) is 2.45. The normalized spacial score (nSPS) is 12.9. The van der Waals surface area contributed by atoms with E-state index in [0.29, 0.717) is 11.7 Å². The fraction of sp³-hybridized carbons (Fsp3) is 0.500. The molecule has 0 radical (unpaired) electrons. The van der Waals surface area contributed by atoms with Crippen molar-refractivity contribution in [1.82, 2.24) is 0 Å². The van der Waals surface area contributed by atoms with Gasteiger partial charge in [0.15, 0.2) is 11.5 Å². The van der Waals surface area contributed by atoms with Crippen molar-refractivity contribution < 1.29 is 9.84 Å². The molecule has 0 unspecified atom stereocenters. The van der Waals surface area contributed by atoms with Gasteiger partial charge in [0, 0.05) is 6.04 Å². The molecule has 15 heavy (non-hydrogen) atoms. The summed E-state index contributed by atoms with van der Waals surface area (Å²) in [4.78, 5) is 0. The Morgan fingerprint density at radius 2 is 2.07 bits per heavy atom. The topological polar surface area (TPSA) is 55.5 Å². The molecular weight excluding hydrogens is 190 g/mol. The number of methoxy groups -OCH3 is 1. The molecule has 0 heterocycles. The van der Waals surface area contributed by atoms with E-state index in [1.165, 1.54) is 7.11 Å². The Kier molecular flexibility index (Phi) is 3.97. The van der Waals surface area contributed by atoms with E-state index in [4.69, 9.17) is 10.5 Å². The lowest BCUT2D eigenvalue weighted by atomic mass is 9.97. The van der Waals surface area contributed by atoms with Crippen molar-refractivity contribution in [2.24, 2.45) is 11.7 Å². The Morgan fingerprint density at radius 1 is 1.40 bits per heavy atom. The van der Waals surface area contributed by atoms with Gasteiger partial charge in [0.2, 0.25) is 0 Å². The molecule has 1 atom stereocenters. The second-order valence-electron chi connectivity index (χ2n) is 4.17. The average molecular weight is 209 g/mol. The first-order chi connectivity index (χ1) is 7.04. The highest BCUT2D eigenvalue weighted by Crippen LogP contribution is 2.29. The van der Waals surface area contributed by atoms with Crippen LogP contribution in [0.1, 0.15) is 31.9 Å². The van der Waals surface area contributed by atoms with E-state index in [-0.39, 0.29) is 11.8 Å². The van der Waals surface area contributed by atoms with Gasteiger partial charge >= 0.3 is 0 Å². The molecule has 1 aromatic rings. The van der Waals surface area contributed by atoms with Crippen molar-refractivity contribution in [3.05, 3.63) is 23.8 Å². The van der Waals surface area contributed by atoms with Crippen LogP contribution in [0.4, 0.5) is 0 Å². The van der Waals surface area contributed by atoms with Gasteiger partial charge in [0.1, 0.15) is 0 Å². The fourth-order valence-electron chi connectivity index (χ4n) is 1.57. The zero-order valence-corrected chi connectivity index (χ0v) is 9.53. The summed E-state index contributed by atoms with van der Waals surface area (Å²) < 4.78 is 5.04. The molecule has 3 heteroatoms. The quantitative estimate of drug-likeness (QED) is 0.800. The molecule has 84 valence electrons. The Bertz CT molecular complexity index is 323. The number of hydrogen-bond donors (Lipinski definition) is 2. The smallest absolute Gasteiger partial charge is 0.160 e. The highest BCUT2D eigenvalue weighted by molar-refractivity contribution is 5.42. The van der Waals surface area contributed by atoms with E-state index in [0.717, 1.165) is 12.0 Å². The standard InChI is InChI=1S/C12H19NO2/c1-8(2)6-10(13)9-4-5-11(14)12(7-9)15-3/h4-5,7-8,10,14H,6,13H2,1-3H3/t10-/m0/s1. The van der Waals surface area contributed by atoms with Gasteiger partial charge in [-0.2, -0.15) is 0 Å². The molecule has 0 aliphatic rings. The molecule has 0 saturated heterocycles. The lowest BCUT2D eigenvalue weighted by molar-refractivity contribution is 0.372. The molecule has 0 saturated carbocycles. The summed E-state index contributed by atoms with van der Waals surface area (Å²) in [6.07, 6.45) is 0.925. The summed E-state index contributed by atoms with van der Waals surface area (Å²) in [5, 5.41) is 9.43. The van der Waals surface area contributed by atoms with Crippen LogP contribution in [0.2, 0.25) is 0 Å². The third kappa shape index (κ3) is 3.13. The van der Waals surface area contributed by atoms with Gasteiger partial charge in [-0.15, -0.1) is 0 Å². The average Bonchev–Trinajstić information content (AvgIpc) is 2.17. The van der Waals surface area contributed by atoms with Gasteiger partial charge in [0.25, 0.3) is 0 Å². The number of rotatable bonds is 4. The number of phenolic OH excluding ortho intramolecular Hbond substituents is 1. The number of hydrogen-bond acceptors (Lipinski definition) is 3. The summed E-state index contributed by atoms with van der Waals surface area (Å²) in [6.45, 7) is 4.27. The molecular formula is C12H19NO2. The first-order valence-corrected chi connectivity index (χ1v) is 5.17. The zero-order valence-electron chi connectivity index (χ0n) is 9.53. The van der Waals surface area contributed by atoms with E-state index >= 15 is 0 Å². The largest absolute Gasteiger partial charge is 0.504 e. The monoisotopic (exact) mass is 209 g/mol. The molecule has 0 fully saturated rings. The molecule has 0 aliphatic carbocycles. The van der Waals surface area contributed by atoms with Crippen molar-refractivity contribution in [2.75, 3.05) is 7.11 Å². The molecule has 0 aromatic heterocycles. The molecule has 0 amide bonds. The van der Waals surface area contributed by atoms with Gasteiger partial charge < -0.3 is 15.6 Å². The highest BCUT2D eigenvalue weighted by atomic mass is 16.5. The Hall–Kier alpha value is -1.22. The van der Waals surface area contributed by atoms with Crippen LogP contribution >= 0.6 is 0 Å². The number of ether oxygens (including phenoxy) is 1. The van der Waals surface area contributed by atoms with E-state index in [1.807, 2.05) is 6.07 Å². The zero-order chi connectivity index (χ0) is 11.4. The van der Waals surface area contributed by atoms with Crippen molar-refractivity contribution in [3.63, 3.8) is 0 Å². The molecule has 0 bridgehead atoms. The second-order valence-corrected chi connectivity index (χ2v) is 4.17. The van der Waals surface area contributed by atoms with Gasteiger partial charge in [-0.25, -0.2) is 0 Å². The van der Waals surface area contributed by atoms with Gasteiger partial charge in [-0.1, -0.05) is 19.9 Å². The van der Waals surface area contributed by atoms with Crippen LogP contribution in [-0.2, 0) is 0 Å². The second kappa shape index (κ2) is 5.03.